The third-order valence-electron chi connectivity index (χ3n) is 2.19. The third-order valence-corrected chi connectivity index (χ3v) is 3.03. The fraction of sp³-hybridized carbons (Fsp3) is 0.300. The molecule has 1 unspecified atom stereocenters. The van der Waals surface area contributed by atoms with Gasteiger partial charge in [0.2, 0.25) is 0 Å². The van der Waals surface area contributed by atoms with Crippen LogP contribution in [0.3, 0.4) is 0 Å². The van der Waals surface area contributed by atoms with E-state index in [0.29, 0.717) is 11.4 Å². The van der Waals surface area contributed by atoms with Crippen molar-refractivity contribution in [2.45, 2.75) is 18.9 Å². The van der Waals surface area contributed by atoms with Crippen LogP contribution in [0.5, 0.6) is 0 Å². The van der Waals surface area contributed by atoms with Crippen LogP contribution >= 0.6 is 27.5 Å². The molecule has 1 saturated heterocycles. The molecule has 1 aromatic rings. The molecule has 1 aliphatic rings. The summed E-state index contributed by atoms with van der Waals surface area (Å²) in [5.74, 6) is -0.147. The predicted molar refractivity (Wildman–Crippen MR) is 57.2 cm³/mol. The van der Waals surface area contributed by atoms with Gasteiger partial charge in [0.15, 0.2) is 0 Å². The lowest BCUT2D eigenvalue weighted by Gasteiger charge is -2.11. The van der Waals surface area contributed by atoms with E-state index in [1.165, 1.54) is 0 Å². The molecule has 2 rings (SSSR count). The van der Waals surface area contributed by atoms with Crippen LogP contribution in [-0.2, 0) is 9.53 Å². The van der Waals surface area contributed by atoms with Crippen LogP contribution in [0.15, 0.2) is 22.7 Å². The van der Waals surface area contributed by atoms with Gasteiger partial charge in [-0.15, -0.1) is 0 Å². The summed E-state index contributed by atoms with van der Waals surface area (Å²) in [5.41, 5.74) is 0.881. The second kappa shape index (κ2) is 3.91. The predicted octanol–water partition coefficient (Wildman–Crippen LogP) is 3.48. The topological polar surface area (TPSA) is 26.3 Å². The molecular weight excluding hydrogens is 267 g/mol. The largest absolute Gasteiger partial charge is 0.457 e. The number of carbonyl (C=O) groups is 1. The molecule has 1 aromatic carbocycles. The van der Waals surface area contributed by atoms with Crippen molar-refractivity contribution >= 4 is 33.5 Å². The maximum absolute atomic E-state index is 10.9. The number of rotatable bonds is 1. The number of benzene rings is 1. The van der Waals surface area contributed by atoms with Crippen molar-refractivity contribution in [3.05, 3.63) is 33.3 Å². The first-order chi connectivity index (χ1) is 6.66. The van der Waals surface area contributed by atoms with E-state index in [2.05, 4.69) is 15.9 Å². The zero-order valence-electron chi connectivity index (χ0n) is 7.30. The number of hydrogen-bond donors (Lipinski definition) is 0. The first-order valence-corrected chi connectivity index (χ1v) is 5.48. The van der Waals surface area contributed by atoms with Gasteiger partial charge in [0.1, 0.15) is 6.10 Å². The minimum atomic E-state index is -0.174. The lowest BCUT2D eigenvalue weighted by Crippen LogP contribution is -1.99. The van der Waals surface area contributed by atoms with E-state index in [9.17, 15) is 4.79 Å². The Hall–Kier alpha value is -0.540. The van der Waals surface area contributed by atoms with Gasteiger partial charge in [0.05, 0.1) is 0 Å². The molecule has 0 aliphatic carbocycles. The minimum Gasteiger partial charge on any atom is -0.457 e. The van der Waals surface area contributed by atoms with Crippen LogP contribution < -0.4 is 0 Å². The van der Waals surface area contributed by atoms with Crippen molar-refractivity contribution in [3.8, 4) is 0 Å². The number of carbonyl (C=O) groups excluding carboxylic acids is 1. The Morgan fingerprint density at radius 3 is 2.93 bits per heavy atom. The molecule has 0 radical (unpaired) electrons. The van der Waals surface area contributed by atoms with Gasteiger partial charge < -0.3 is 4.74 Å². The molecule has 1 fully saturated rings. The summed E-state index contributed by atoms with van der Waals surface area (Å²) < 4.78 is 6.08. The highest BCUT2D eigenvalue weighted by molar-refractivity contribution is 9.10. The molecule has 0 N–H and O–H groups in total. The second-order valence-electron chi connectivity index (χ2n) is 3.18. The second-order valence-corrected chi connectivity index (χ2v) is 4.51. The molecule has 0 amide bonds. The standard InChI is InChI=1S/C10H8BrClO2/c11-6-1-2-8(12)7(5-6)9-3-4-10(13)14-9/h1-2,5,9H,3-4H2. The highest BCUT2D eigenvalue weighted by atomic mass is 79.9. The van der Waals surface area contributed by atoms with E-state index in [1.54, 1.807) is 6.07 Å². The van der Waals surface area contributed by atoms with Gasteiger partial charge in [-0.3, -0.25) is 4.79 Å². The summed E-state index contributed by atoms with van der Waals surface area (Å²) in [6, 6.07) is 5.56. The van der Waals surface area contributed by atoms with Crippen molar-refractivity contribution in [3.63, 3.8) is 0 Å². The summed E-state index contributed by atoms with van der Waals surface area (Å²) in [5, 5.41) is 0.646. The van der Waals surface area contributed by atoms with E-state index in [4.69, 9.17) is 16.3 Å². The van der Waals surface area contributed by atoms with Crippen molar-refractivity contribution in [1.82, 2.24) is 0 Å². The Morgan fingerprint density at radius 1 is 1.50 bits per heavy atom. The van der Waals surface area contributed by atoms with E-state index in [0.717, 1.165) is 16.5 Å². The SMILES string of the molecule is O=C1CCC(c2cc(Br)ccc2Cl)O1. The van der Waals surface area contributed by atoms with Crippen LogP contribution in [0.25, 0.3) is 0 Å². The molecule has 0 spiro atoms. The molecular formula is C10H8BrClO2. The van der Waals surface area contributed by atoms with Gasteiger partial charge >= 0.3 is 5.97 Å². The van der Waals surface area contributed by atoms with Crippen LogP contribution in [0, 0.1) is 0 Å². The van der Waals surface area contributed by atoms with Crippen molar-refractivity contribution in [2.24, 2.45) is 0 Å². The van der Waals surface area contributed by atoms with E-state index >= 15 is 0 Å². The molecule has 1 heterocycles. The van der Waals surface area contributed by atoms with Gasteiger partial charge in [0, 0.05) is 21.5 Å². The van der Waals surface area contributed by atoms with Crippen LogP contribution in [0.4, 0.5) is 0 Å². The van der Waals surface area contributed by atoms with Gasteiger partial charge in [-0.1, -0.05) is 27.5 Å². The first kappa shape index (κ1) is 9.99. The number of esters is 1. The van der Waals surface area contributed by atoms with Gasteiger partial charge in [-0.2, -0.15) is 0 Å². The molecule has 1 aliphatic heterocycles. The van der Waals surface area contributed by atoms with Crippen molar-refractivity contribution < 1.29 is 9.53 Å². The Morgan fingerprint density at radius 2 is 2.29 bits per heavy atom. The molecule has 4 heteroatoms. The van der Waals surface area contributed by atoms with E-state index in [-0.39, 0.29) is 12.1 Å². The normalized spacial score (nSPS) is 21.0. The minimum absolute atomic E-state index is 0.147. The van der Waals surface area contributed by atoms with Crippen LogP contribution in [0.1, 0.15) is 24.5 Å². The van der Waals surface area contributed by atoms with Crippen LogP contribution in [-0.4, -0.2) is 5.97 Å². The fourth-order valence-corrected chi connectivity index (χ4v) is 2.12. The average Bonchev–Trinajstić information content (AvgIpc) is 2.56. The molecule has 0 saturated carbocycles. The zero-order valence-corrected chi connectivity index (χ0v) is 9.64. The first-order valence-electron chi connectivity index (χ1n) is 4.31. The Balaban J connectivity index is 2.31. The maximum atomic E-state index is 10.9. The summed E-state index contributed by atoms with van der Waals surface area (Å²) in [7, 11) is 0. The smallest absolute Gasteiger partial charge is 0.306 e. The van der Waals surface area contributed by atoms with Gasteiger partial charge in [-0.25, -0.2) is 0 Å². The lowest BCUT2D eigenvalue weighted by molar-refractivity contribution is -0.141. The zero-order chi connectivity index (χ0) is 10.1. The third kappa shape index (κ3) is 1.93. The summed E-state index contributed by atoms with van der Waals surface area (Å²) in [4.78, 5) is 10.9. The number of halogens is 2. The molecule has 0 bridgehead atoms. The monoisotopic (exact) mass is 274 g/mol. The summed E-state index contributed by atoms with van der Waals surface area (Å²) >= 11 is 9.37. The van der Waals surface area contributed by atoms with Gasteiger partial charge in [-0.05, 0) is 24.6 Å². The molecule has 0 aromatic heterocycles. The van der Waals surface area contributed by atoms with Crippen molar-refractivity contribution in [1.29, 1.82) is 0 Å². The Bertz CT molecular complexity index is 378. The lowest BCUT2D eigenvalue weighted by atomic mass is 10.1. The molecule has 1 atom stereocenters. The average molecular weight is 276 g/mol. The maximum Gasteiger partial charge on any atom is 0.306 e. The number of ether oxygens (including phenoxy) is 1. The Kier molecular flexibility index (Phi) is 2.79. The quantitative estimate of drug-likeness (QED) is 0.734. The van der Waals surface area contributed by atoms with E-state index in [1.807, 2.05) is 12.1 Å². The van der Waals surface area contributed by atoms with E-state index < -0.39 is 0 Å². The molecule has 2 nitrogen and oxygen atoms in total. The number of hydrogen-bond acceptors (Lipinski definition) is 2. The number of cyclic esters (lactones) is 1. The van der Waals surface area contributed by atoms with Crippen molar-refractivity contribution in [2.75, 3.05) is 0 Å². The van der Waals surface area contributed by atoms with Gasteiger partial charge in [0.25, 0.3) is 0 Å². The molecule has 14 heavy (non-hydrogen) atoms. The highest BCUT2D eigenvalue weighted by Crippen LogP contribution is 2.35. The summed E-state index contributed by atoms with van der Waals surface area (Å²) in [6.45, 7) is 0. The molecule has 74 valence electrons. The van der Waals surface area contributed by atoms with Crippen LogP contribution in [0.2, 0.25) is 5.02 Å². The highest BCUT2D eigenvalue weighted by Gasteiger charge is 2.26. The fourth-order valence-electron chi connectivity index (χ4n) is 1.51. The Labute approximate surface area is 95.3 Å². The summed E-state index contributed by atoms with van der Waals surface area (Å²) in [6.07, 6.45) is 1.02.